The summed E-state index contributed by atoms with van der Waals surface area (Å²) in [6, 6.07) is 0. The predicted octanol–water partition coefficient (Wildman–Crippen LogP) is 2.63. The second-order valence-corrected chi connectivity index (χ2v) is 7.13. The molecule has 3 nitrogen and oxygen atoms in total. The van der Waals surface area contributed by atoms with Gasteiger partial charge in [0, 0.05) is 6.54 Å². The summed E-state index contributed by atoms with van der Waals surface area (Å²) in [5, 5.41) is 3.12. The zero-order valence-corrected chi connectivity index (χ0v) is 12.9. The number of nitrogens with one attached hydrogen (secondary N) is 1. The first kappa shape index (κ1) is 14.8. The lowest BCUT2D eigenvalue weighted by atomic mass is 9.62. The van der Waals surface area contributed by atoms with Crippen LogP contribution in [0.2, 0.25) is 0 Å². The highest BCUT2D eigenvalue weighted by atomic mass is 32.1. The van der Waals surface area contributed by atoms with E-state index in [1.165, 1.54) is 25.7 Å². The minimum atomic E-state index is -0.549. The van der Waals surface area contributed by atoms with Crippen LogP contribution in [-0.2, 0) is 4.79 Å². The van der Waals surface area contributed by atoms with Crippen molar-refractivity contribution < 1.29 is 4.79 Å². The first-order valence-electron chi connectivity index (χ1n) is 7.54. The Labute approximate surface area is 121 Å². The Kier molecular flexibility index (Phi) is 4.49. The predicted molar refractivity (Wildman–Crippen MR) is 81.7 cm³/mol. The average Bonchev–Trinajstić information content (AvgIpc) is 2.33. The number of carbonyl (C=O) groups is 1. The number of hydrogen-bond donors (Lipinski definition) is 2. The van der Waals surface area contributed by atoms with Crippen LogP contribution in [0.1, 0.15) is 52.4 Å². The number of carbonyl (C=O) groups excluding carboxylic acids is 1. The van der Waals surface area contributed by atoms with Gasteiger partial charge in [0.05, 0.1) is 10.4 Å². The highest BCUT2D eigenvalue weighted by Gasteiger charge is 2.50. The maximum Gasteiger partial charge on any atom is 0.233 e. The summed E-state index contributed by atoms with van der Waals surface area (Å²) in [5.41, 5.74) is 5.25. The number of nitrogens with two attached hydrogens (primary N) is 1. The van der Waals surface area contributed by atoms with Gasteiger partial charge in [-0.25, -0.2) is 0 Å². The molecule has 19 heavy (non-hydrogen) atoms. The Hall–Kier alpha value is -0.640. The van der Waals surface area contributed by atoms with Crippen LogP contribution in [0.3, 0.4) is 0 Å². The molecular weight excluding hydrogens is 256 g/mol. The molecule has 108 valence electrons. The molecule has 3 N–H and O–H groups in total. The topological polar surface area (TPSA) is 55.1 Å². The van der Waals surface area contributed by atoms with E-state index >= 15 is 0 Å². The lowest BCUT2D eigenvalue weighted by Crippen LogP contribution is -2.56. The lowest BCUT2D eigenvalue weighted by molar-refractivity contribution is -0.133. The molecule has 0 spiro atoms. The average molecular weight is 282 g/mol. The van der Waals surface area contributed by atoms with Crippen LogP contribution in [0.5, 0.6) is 0 Å². The Balaban J connectivity index is 1.88. The third kappa shape index (κ3) is 2.93. The van der Waals surface area contributed by atoms with E-state index in [1.807, 2.05) is 0 Å². The molecule has 0 radical (unpaired) electrons. The fraction of sp³-hybridized carbons (Fsp3) is 0.867. The number of amides is 1. The van der Waals surface area contributed by atoms with E-state index in [4.69, 9.17) is 18.0 Å². The zero-order chi connectivity index (χ0) is 14.0. The molecule has 0 aromatic carbocycles. The van der Waals surface area contributed by atoms with E-state index in [0.29, 0.717) is 16.8 Å². The van der Waals surface area contributed by atoms with E-state index in [9.17, 15) is 4.79 Å². The molecule has 1 amide bonds. The molecule has 0 saturated heterocycles. The highest BCUT2D eigenvalue weighted by Crippen LogP contribution is 2.46. The molecule has 2 saturated carbocycles. The first-order valence-corrected chi connectivity index (χ1v) is 7.95. The van der Waals surface area contributed by atoms with Gasteiger partial charge in [0.15, 0.2) is 0 Å². The molecule has 2 aliphatic rings. The molecule has 2 fully saturated rings. The summed E-state index contributed by atoms with van der Waals surface area (Å²) in [4.78, 5) is 12.8. The molecule has 0 aromatic rings. The van der Waals surface area contributed by atoms with Crippen LogP contribution in [0.15, 0.2) is 0 Å². The number of rotatable bonds is 4. The molecular formula is C15H26N2OS. The van der Waals surface area contributed by atoms with E-state index < -0.39 is 5.41 Å². The van der Waals surface area contributed by atoms with Gasteiger partial charge in [0.1, 0.15) is 0 Å². The van der Waals surface area contributed by atoms with Crippen LogP contribution in [0, 0.1) is 23.2 Å². The minimum absolute atomic E-state index is 0.0656. The van der Waals surface area contributed by atoms with Crippen molar-refractivity contribution in [2.75, 3.05) is 6.54 Å². The van der Waals surface area contributed by atoms with Gasteiger partial charge in [-0.2, -0.15) is 0 Å². The molecule has 0 aromatic heterocycles. The molecule has 0 aliphatic heterocycles. The molecule has 2 rings (SSSR count). The van der Waals surface area contributed by atoms with Gasteiger partial charge < -0.3 is 11.1 Å². The van der Waals surface area contributed by atoms with Crippen LogP contribution in [0.25, 0.3) is 0 Å². The zero-order valence-electron chi connectivity index (χ0n) is 12.1. The molecule has 0 heterocycles. The maximum atomic E-state index is 12.4. The molecule has 4 heteroatoms. The summed E-state index contributed by atoms with van der Waals surface area (Å²) >= 11 is 5.12. The Morgan fingerprint density at radius 3 is 2.47 bits per heavy atom. The maximum absolute atomic E-state index is 12.4. The van der Waals surface area contributed by atoms with Crippen molar-refractivity contribution in [1.29, 1.82) is 0 Å². The normalized spacial score (nSPS) is 38.3. The summed E-state index contributed by atoms with van der Waals surface area (Å²) in [6.45, 7) is 5.23. The Morgan fingerprint density at radius 1 is 1.32 bits per heavy atom. The van der Waals surface area contributed by atoms with Gasteiger partial charge in [-0.05, 0) is 37.0 Å². The standard InChI is InChI=1S/C15H26N2OS/c1-10-7-15(8-10,13(16)19)14(18)17-9-12-6-4-3-5-11(12)2/h10-12H,3-9H2,1-2H3,(H2,16,19)(H,17,18). The minimum Gasteiger partial charge on any atom is -0.392 e. The third-order valence-electron chi connectivity index (χ3n) is 5.11. The summed E-state index contributed by atoms with van der Waals surface area (Å²) in [5.74, 6) is 1.96. The number of hydrogen-bond acceptors (Lipinski definition) is 2. The van der Waals surface area contributed by atoms with Crippen molar-refractivity contribution in [2.24, 2.45) is 28.9 Å². The SMILES string of the molecule is CC1CC(C(=O)NCC2CCCCC2C)(C(N)=S)C1. The van der Waals surface area contributed by atoms with E-state index in [1.54, 1.807) is 0 Å². The molecule has 2 unspecified atom stereocenters. The van der Waals surface area contributed by atoms with E-state index in [-0.39, 0.29) is 5.91 Å². The van der Waals surface area contributed by atoms with Gasteiger partial charge in [-0.3, -0.25) is 4.79 Å². The summed E-state index contributed by atoms with van der Waals surface area (Å²) in [7, 11) is 0. The largest absolute Gasteiger partial charge is 0.392 e. The highest BCUT2D eigenvalue weighted by molar-refractivity contribution is 7.80. The van der Waals surface area contributed by atoms with Crippen molar-refractivity contribution in [3.8, 4) is 0 Å². The monoisotopic (exact) mass is 282 g/mol. The fourth-order valence-electron chi connectivity index (χ4n) is 3.72. The van der Waals surface area contributed by atoms with Crippen LogP contribution < -0.4 is 11.1 Å². The molecule has 0 bridgehead atoms. The quantitative estimate of drug-likeness (QED) is 0.779. The lowest BCUT2D eigenvalue weighted by Gasteiger charge is -2.44. The van der Waals surface area contributed by atoms with Crippen molar-refractivity contribution >= 4 is 23.1 Å². The van der Waals surface area contributed by atoms with E-state index in [2.05, 4.69) is 19.2 Å². The van der Waals surface area contributed by atoms with Gasteiger partial charge in [-0.15, -0.1) is 0 Å². The van der Waals surface area contributed by atoms with Crippen molar-refractivity contribution in [3.63, 3.8) is 0 Å². The van der Waals surface area contributed by atoms with E-state index in [0.717, 1.165) is 25.3 Å². The summed E-state index contributed by atoms with van der Waals surface area (Å²) < 4.78 is 0. The van der Waals surface area contributed by atoms with Crippen LogP contribution in [0.4, 0.5) is 0 Å². The van der Waals surface area contributed by atoms with Gasteiger partial charge in [0.2, 0.25) is 5.91 Å². The molecule has 2 aliphatic carbocycles. The Morgan fingerprint density at radius 2 is 1.95 bits per heavy atom. The number of thiocarbonyl (C=S) groups is 1. The van der Waals surface area contributed by atoms with Crippen LogP contribution in [-0.4, -0.2) is 17.4 Å². The summed E-state index contributed by atoms with van der Waals surface area (Å²) in [6.07, 6.45) is 6.78. The second-order valence-electron chi connectivity index (χ2n) is 6.69. The van der Waals surface area contributed by atoms with Crippen LogP contribution >= 0.6 is 12.2 Å². The fourth-order valence-corrected chi connectivity index (χ4v) is 3.98. The van der Waals surface area contributed by atoms with Gasteiger partial charge >= 0.3 is 0 Å². The second kappa shape index (κ2) is 5.78. The van der Waals surface area contributed by atoms with Gasteiger partial charge in [-0.1, -0.05) is 45.3 Å². The van der Waals surface area contributed by atoms with Crippen molar-refractivity contribution in [3.05, 3.63) is 0 Å². The van der Waals surface area contributed by atoms with Crippen molar-refractivity contribution in [2.45, 2.75) is 52.4 Å². The Bertz CT molecular complexity index is 363. The first-order chi connectivity index (χ1) is 8.95. The smallest absolute Gasteiger partial charge is 0.233 e. The van der Waals surface area contributed by atoms with Crippen molar-refractivity contribution in [1.82, 2.24) is 5.32 Å². The third-order valence-corrected chi connectivity index (χ3v) is 5.50. The van der Waals surface area contributed by atoms with Gasteiger partial charge in [0.25, 0.3) is 0 Å². The molecule has 2 atom stereocenters.